The van der Waals surface area contributed by atoms with E-state index in [2.05, 4.69) is 9.97 Å². The van der Waals surface area contributed by atoms with Crippen molar-refractivity contribution in [1.82, 2.24) is 14.9 Å². The van der Waals surface area contributed by atoms with Crippen LogP contribution in [0.4, 0.5) is 5.69 Å². The van der Waals surface area contributed by atoms with E-state index in [9.17, 15) is 9.59 Å². The molecule has 2 aromatic rings. The van der Waals surface area contributed by atoms with Crippen LogP contribution in [0.5, 0.6) is 5.88 Å². The molecule has 0 N–H and O–H groups in total. The van der Waals surface area contributed by atoms with Gasteiger partial charge in [0.2, 0.25) is 17.7 Å². The fourth-order valence-electron chi connectivity index (χ4n) is 4.14. The number of hydrogen-bond donors (Lipinski definition) is 0. The Labute approximate surface area is 168 Å². The van der Waals surface area contributed by atoms with Crippen LogP contribution in [-0.4, -0.2) is 53.4 Å². The molecule has 1 unspecified atom stereocenters. The van der Waals surface area contributed by atoms with Gasteiger partial charge in [0, 0.05) is 42.7 Å². The predicted molar refractivity (Wildman–Crippen MR) is 105 cm³/mol. The van der Waals surface area contributed by atoms with Gasteiger partial charge in [0.05, 0.1) is 31.6 Å². The number of carbonyl (C=O) groups excluding carboxylic acids is 2. The molecule has 1 spiro atoms. The van der Waals surface area contributed by atoms with Gasteiger partial charge < -0.3 is 14.5 Å². The maximum absolute atomic E-state index is 13.1. The van der Waals surface area contributed by atoms with Gasteiger partial charge in [-0.15, -0.1) is 0 Å². The van der Waals surface area contributed by atoms with E-state index in [4.69, 9.17) is 16.3 Å². The number of amides is 2. The molecule has 2 aliphatic heterocycles. The lowest BCUT2D eigenvalue weighted by Crippen LogP contribution is -2.40. The van der Waals surface area contributed by atoms with Gasteiger partial charge in [-0.05, 0) is 30.2 Å². The van der Waals surface area contributed by atoms with E-state index in [1.54, 1.807) is 24.1 Å². The summed E-state index contributed by atoms with van der Waals surface area (Å²) in [5, 5.41) is 0.634. The van der Waals surface area contributed by atoms with Crippen LogP contribution < -0.4 is 9.64 Å². The molecule has 2 amide bonds. The second-order valence-electron chi connectivity index (χ2n) is 7.34. The number of nitrogens with zero attached hydrogens (tertiary/aromatic N) is 4. The quantitative estimate of drug-likeness (QED) is 0.789. The number of ether oxygens (including phenoxy) is 1. The van der Waals surface area contributed by atoms with Crippen LogP contribution in [0.3, 0.4) is 0 Å². The molecule has 1 saturated heterocycles. The summed E-state index contributed by atoms with van der Waals surface area (Å²) >= 11 is 6.26. The van der Waals surface area contributed by atoms with Gasteiger partial charge in [-0.25, -0.2) is 4.98 Å². The highest BCUT2D eigenvalue weighted by Gasteiger charge is 2.49. The predicted octanol–water partition coefficient (Wildman–Crippen LogP) is 2.22. The lowest BCUT2D eigenvalue weighted by molar-refractivity contribution is -0.127. The number of methoxy groups -OCH3 is 1. The van der Waals surface area contributed by atoms with Crippen molar-refractivity contribution in [3.63, 3.8) is 0 Å². The topological polar surface area (TPSA) is 75.6 Å². The molecule has 1 fully saturated rings. The number of aromatic nitrogens is 2. The Balaban J connectivity index is 1.62. The van der Waals surface area contributed by atoms with E-state index in [1.165, 1.54) is 13.3 Å². The number of rotatable bonds is 3. The molecule has 1 aromatic carbocycles. The van der Waals surface area contributed by atoms with Gasteiger partial charge in [0.1, 0.15) is 0 Å². The lowest BCUT2D eigenvalue weighted by Gasteiger charge is -2.25. The molecule has 8 heteroatoms. The molecule has 1 atom stereocenters. The van der Waals surface area contributed by atoms with E-state index in [1.807, 2.05) is 17.0 Å². The molecule has 4 rings (SSSR count). The van der Waals surface area contributed by atoms with Crippen LogP contribution in [0.25, 0.3) is 0 Å². The van der Waals surface area contributed by atoms with E-state index < -0.39 is 0 Å². The zero-order valence-corrected chi connectivity index (χ0v) is 16.6. The molecule has 146 valence electrons. The van der Waals surface area contributed by atoms with Crippen LogP contribution >= 0.6 is 11.6 Å². The Hall–Kier alpha value is -2.67. The van der Waals surface area contributed by atoms with Crippen molar-refractivity contribution in [2.24, 2.45) is 0 Å². The number of fused-ring (bicyclic) bond motifs is 2. The Morgan fingerprint density at radius 2 is 2.07 bits per heavy atom. The Morgan fingerprint density at radius 3 is 2.71 bits per heavy atom. The second kappa shape index (κ2) is 7.05. The normalized spacial score (nSPS) is 20.5. The SMILES string of the molecule is COc1cnc(CC(=O)N2CC3(CCN(C(C)=O)C3)c3cc(Cl)ccc32)cn1. The molecule has 0 bridgehead atoms. The number of likely N-dealkylation sites (tertiary alicyclic amines) is 1. The standard InChI is InChI=1S/C20H21ClN4O3/c1-13(26)24-6-5-20(11-24)12-25(17-4-3-14(21)7-16(17)20)19(27)8-15-9-23-18(28-2)10-22-15/h3-4,7,9-10H,5-6,8,11-12H2,1-2H3. The van der Waals surface area contributed by atoms with Gasteiger partial charge >= 0.3 is 0 Å². The highest BCUT2D eigenvalue weighted by atomic mass is 35.5. The van der Waals surface area contributed by atoms with Crippen LogP contribution in [0.2, 0.25) is 5.02 Å². The van der Waals surface area contributed by atoms with Crippen molar-refractivity contribution in [2.45, 2.75) is 25.2 Å². The monoisotopic (exact) mass is 400 g/mol. The maximum atomic E-state index is 13.1. The third-order valence-electron chi connectivity index (χ3n) is 5.60. The van der Waals surface area contributed by atoms with Crippen molar-refractivity contribution in [3.8, 4) is 5.88 Å². The number of carbonyl (C=O) groups is 2. The molecule has 0 saturated carbocycles. The van der Waals surface area contributed by atoms with Crippen LogP contribution in [0.1, 0.15) is 24.6 Å². The molecule has 1 aromatic heterocycles. The Morgan fingerprint density at radius 1 is 1.25 bits per heavy atom. The minimum Gasteiger partial charge on any atom is -0.480 e. The van der Waals surface area contributed by atoms with Gasteiger partial charge in [0.25, 0.3) is 0 Å². The second-order valence-corrected chi connectivity index (χ2v) is 7.78. The van der Waals surface area contributed by atoms with Gasteiger partial charge in [-0.3, -0.25) is 14.6 Å². The van der Waals surface area contributed by atoms with Crippen molar-refractivity contribution >= 4 is 29.1 Å². The number of halogens is 1. The van der Waals surface area contributed by atoms with Crippen molar-refractivity contribution < 1.29 is 14.3 Å². The summed E-state index contributed by atoms with van der Waals surface area (Å²) in [5.74, 6) is 0.409. The molecular formula is C20H21ClN4O3. The zero-order chi connectivity index (χ0) is 19.9. The summed E-state index contributed by atoms with van der Waals surface area (Å²) < 4.78 is 5.01. The largest absolute Gasteiger partial charge is 0.480 e. The molecule has 0 aliphatic carbocycles. The first-order valence-corrected chi connectivity index (χ1v) is 9.50. The minimum atomic E-state index is -0.271. The van der Waals surface area contributed by atoms with Crippen LogP contribution in [0, 0.1) is 0 Å². The number of hydrogen-bond acceptors (Lipinski definition) is 5. The summed E-state index contributed by atoms with van der Waals surface area (Å²) in [6, 6.07) is 5.62. The molecule has 3 heterocycles. The fraction of sp³-hybridized carbons (Fsp3) is 0.400. The summed E-state index contributed by atoms with van der Waals surface area (Å²) in [6.45, 7) is 3.40. The van der Waals surface area contributed by atoms with Gasteiger partial charge in [0.15, 0.2) is 0 Å². The molecule has 7 nitrogen and oxygen atoms in total. The highest BCUT2D eigenvalue weighted by molar-refractivity contribution is 6.30. The zero-order valence-electron chi connectivity index (χ0n) is 15.8. The van der Waals surface area contributed by atoms with Crippen LogP contribution in [-0.2, 0) is 21.4 Å². The first-order valence-electron chi connectivity index (χ1n) is 9.13. The molecule has 2 aliphatic rings. The summed E-state index contributed by atoms with van der Waals surface area (Å²) in [5.41, 5.74) is 2.21. The van der Waals surface area contributed by atoms with Gasteiger partial charge in [-0.2, -0.15) is 0 Å². The minimum absolute atomic E-state index is 0.0544. The number of benzene rings is 1. The van der Waals surface area contributed by atoms with E-state index in [0.29, 0.717) is 36.2 Å². The Kier molecular flexibility index (Phi) is 4.71. The van der Waals surface area contributed by atoms with Gasteiger partial charge in [-0.1, -0.05) is 11.6 Å². The van der Waals surface area contributed by atoms with E-state index in [-0.39, 0.29) is 23.7 Å². The Bertz CT molecular complexity index is 934. The highest BCUT2D eigenvalue weighted by Crippen LogP contribution is 2.47. The summed E-state index contributed by atoms with van der Waals surface area (Å²) in [6.07, 6.45) is 4.01. The van der Waals surface area contributed by atoms with Crippen LogP contribution in [0.15, 0.2) is 30.6 Å². The summed E-state index contributed by atoms with van der Waals surface area (Å²) in [7, 11) is 1.52. The molecular weight excluding hydrogens is 380 g/mol. The average Bonchev–Trinajstić information content (AvgIpc) is 3.25. The number of anilines is 1. The average molecular weight is 401 g/mol. The third kappa shape index (κ3) is 3.20. The summed E-state index contributed by atoms with van der Waals surface area (Å²) in [4.78, 5) is 36.9. The molecule has 28 heavy (non-hydrogen) atoms. The van der Waals surface area contributed by atoms with E-state index in [0.717, 1.165) is 17.7 Å². The smallest absolute Gasteiger partial charge is 0.233 e. The molecule has 0 radical (unpaired) electrons. The third-order valence-corrected chi connectivity index (χ3v) is 5.84. The van der Waals surface area contributed by atoms with E-state index >= 15 is 0 Å². The van der Waals surface area contributed by atoms with Crippen molar-refractivity contribution in [1.29, 1.82) is 0 Å². The van der Waals surface area contributed by atoms with Crippen molar-refractivity contribution in [3.05, 3.63) is 46.9 Å². The fourth-order valence-corrected chi connectivity index (χ4v) is 4.32. The first kappa shape index (κ1) is 18.7. The lowest BCUT2D eigenvalue weighted by atomic mass is 9.81. The first-order chi connectivity index (χ1) is 13.4. The maximum Gasteiger partial charge on any atom is 0.233 e. The van der Waals surface area contributed by atoms with Crippen molar-refractivity contribution in [2.75, 3.05) is 31.6 Å².